The Morgan fingerprint density at radius 2 is 1.78 bits per heavy atom. The van der Waals surface area contributed by atoms with Crippen LogP contribution in [0.5, 0.6) is 5.75 Å². The third kappa shape index (κ3) is 5.67. The molecule has 0 atom stereocenters. The molecule has 1 fully saturated rings. The van der Waals surface area contributed by atoms with Gasteiger partial charge in [-0.15, -0.1) is 0 Å². The molecule has 0 aliphatic carbocycles. The average Bonchev–Trinajstić information content (AvgIpc) is 2.55. The minimum absolute atomic E-state index is 0.207. The van der Waals surface area contributed by atoms with Crippen LogP contribution in [0.15, 0.2) is 24.3 Å². The molecule has 1 aromatic rings. The summed E-state index contributed by atoms with van der Waals surface area (Å²) in [5.41, 5.74) is 1.20. The molecule has 0 bridgehead atoms. The van der Waals surface area contributed by atoms with Crippen LogP contribution in [0.3, 0.4) is 0 Å². The van der Waals surface area contributed by atoms with E-state index in [0.717, 1.165) is 38.5 Å². The van der Waals surface area contributed by atoms with Gasteiger partial charge in [-0.1, -0.05) is 6.92 Å². The molecule has 1 aliphatic rings. The first-order chi connectivity index (χ1) is 11.0. The van der Waals surface area contributed by atoms with Crippen LogP contribution in [0, 0.1) is 0 Å². The number of benzene rings is 1. The minimum Gasteiger partial charge on any atom is -0.497 e. The van der Waals surface area contributed by atoms with Crippen molar-refractivity contribution in [1.82, 2.24) is 9.62 Å². The topological polar surface area (TPSA) is 61.9 Å². The van der Waals surface area contributed by atoms with Crippen molar-refractivity contribution >= 4 is 15.7 Å². The number of hydrogen-bond acceptors (Lipinski definition) is 5. The Morgan fingerprint density at radius 3 is 2.35 bits per heavy atom. The standard InChI is InChI=1S/C16H27N3O3S/c1-3-14-23(20,21)17-8-9-18-10-12-19(13-11-18)15-4-6-16(22-2)7-5-15/h4-7,17H,3,8-14H2,1-2H3. The first-order valence-corrected chi connectivity index (χ1v) is 9.78. The van der Waals surface area contributed by atoms with E-state index >= 15 is 0 Å². The first kappa shape index (κ1) is 18.0. The van der Waals surface area contributed by atoms with E-state index in [0.29, 0.717) is 13.0 Å². The molecule has 1 heterocycles. The van der Waals surface area contributed by atoms with Crippen LogP contribution in [0.25, 0.3) is 0 Å². The summed E-state index contributed by atoms with van der Waals surface area (Å²) >= 11 is 0. The van der Waals surface area contributed by atoms with E-state index in [4.69, 9.17) is 4.74 Å². The lowest BCUT2D eigenvalue weighted by atomic mass is 10.2. The summed E-state index contributed by atoms with van der Waals surface area (Å²) in [6.07, 6.45) is 0.649. The van der Waals surface area contributed by atoms with Gasteiger partial charge in [0, 0.05) is 45.0 Å². The number of sulfonamides is 1. The Hall–Kier alpha value is -1.31. The molecule has 7 heteroatoms. The van der Waals surface area contributed by atoms with Crippen molar-refractivity contribution in [1.29, 1.82) is 0 Å². The summed E-state index contributed by atoms with van der Waals surface area (Å²) in [4.78, 5) is 4.64. The number of hydrogen-bond donors (Lipinski definition) is 1. The Kier molecular flexibility index (Phi) is 6.68. The molecule has 2 rings (SSSR count). The summed E-state index contributed by atoms with van der Waals surface area (Å²) in [5.74, 6) is 1.07. The smallest absolute Gasteiger partial charge is 0.211 e. The monoisotopic (exact) mass is 341 g/mol. The van der Waals surface area contributed by atoms with Gasteiger partial charge in [-0.25, -0.2) is 13.1 Å². The SMILES string of the molecule is CCCS(=O)(=O)NCCN1CCN(c2ccc(OC)cc2)CC1. The van der Waals surface area contributed by atoms with Crippen molar-refractivity contribution in [3.8, 4) is 5.75 Å². The average molecular weight is 341 g/mol. The number of nitrogens with zero attached hydrogens (tertiary/aromatic N) is 2. The highest BCUT2D eigenvalue weighted by Crippen LogP contribution is 2.20. The number of piperazine rings is 1. The maximum atomic E-state index is 11.6. The number of anilines is 1. The Morgan fingerprint density at radius 1 is 1.13 bits per heavy atom. The van der Waals surface area contributed by atoms with Gasteiger partial charge in [0.15, 0.2) is 0 Å². The van der Waals surface area contributed by atoms with Gasteiger partial charge in [-0.05, 0) is 30.7 Å². The zero-order valence-corrected chi connectivity index (χ0v) is 14.8. The maximum absolute atomic E-state index is 11.6. The molecule has 23 heavy (non-hydrogen) atoms. The Balaban J connectivity index is 1.73. The van der Waals surface area contributed by atoms with Crippen molar-refractivity contribution in [3.05, 3.63) is 24.3 Å². The van der Waals surface area contributed by atoms with Gasteiger partial charge in [-0.3, -0.25) is 4.90 Å². The molecule has 1 saturated heterocycles. The van der Waals surface area contributed by atoms with E-state index in [9.17, 15) is 8.42 Å². The maximum Gasteiger partial charge on any atom is 0.211 e. The van der Waals surface area contributed by atoms with Gasteiger partial charge < -0.3 is 9.64 Å². The van der Waals surface area contributed by atoms with Crippen LogP contribution in [-0.2, 0) is 10.0 Å². The van der Waals surface area contributed by atoms with E-state index in [1.807, 2.05) is 19.1 Å². The van der Waals surface area contributed by atoms with Crippen LogP contribution in [0.4, 0.5) is 5.69 Å². The summed E-state index contributed by atoms with van der Waals surface area (Å²) in [6.45, 7) is 6.92. The molecule has 1 aromatic carbocycles. The van der Waals surface area contributed by atoms with Gasteiger partial charge in [0.25, 0.3) is 0 Å². The highest BCUT2D eigenvalue weighted by atomic mass is 32.2. The fraction of sp³-hybridized carbons (Fsp3) is 0.625. The molecule has 0 aromatic heterocycles. The number of nitrogens with one attached hydrogen (secondary N) is 1. The lowest BCUT2D eigenvalue weighted by Gasteiger charge is -2.36. The zero-order chi connectivity index (χ0) is 16.7. The number of ether oxygens (including phenoxy) is 1. The highest BCUT2D eigenvalue weighted by molar-refractivity contribution is 7.89. The molecule has 0 radical (unpaired) electrons. The number of methoxy groups -OCH3 is 1. The Labute approximate surface area is 139 Å². The van der Waals surface area contributed by atoms with Gasteiger partial charge in [0.1, 0.15) is 5.75 Å². The molecular weight excluding hydrogens is 314 g/mol. The van der Waals surface area contributed by atoms with Crippen molar-refractivity contribution < 1.29 is 13.2 Å². The van der Waals surface area contributed by atoms with E-state index in [1.165, 1.54) is 5.69 Å². The van der Waals surface area contributed by atoms with E-state index in [-0.39, 0.29) is 5.75 Å². The first-order valence-electron chi connectivity index (χ1n) is 8.13. The highest BCUT2D eigenvalue weighted by Gasteiger charge is 2.17. The predicted molar refractivity (Wildman–Crippen MR) is 93.7 cm³/mol. The van der Waals surface area contributed by atoms with Crippen LogP contribution in [-0.4, -0.2) is 65.4 Å². The number of rotatable bonds is 8. The van der Waals surface area contributed by atoms with Crippen molar-refractivity contribution in [2.45, 2.75) is 13.3 Å². The third-order valence-corrected chi connectivity index (χ3v) is 5.62. The molecule has 0 unspecified atom stereocenters. The molecule has 0 saturated carbocycles. The van der Waals surface area contributed by atoms with Crippen molar-refractivity contribution in [3.63, 3.8) is 0 Å². The molecule has 6 nitrogen and oxygen atoms in total. The van der Waals surface area contributed by atoms with Crippen LogP contribution in [0.2, 0.25) is 0 Å². The van der Waals surface area contributed by atoms with E-state index in [1.54, 1.807) is 7.11 Å². The second-order valence-electron chi connectivity index (χ2n) is 5.74. The van der Waals surface area contributed by atoms with Crippen molar-refractivity contribution in [2.24, 2.45) is 0 Å². The second kappa shape index (κ2) is 8.52. The second-order valence-corrected chi connectivity index (χ2v) is 7.67. The molecule has 130 valence electrons. The van der Waals surface area contributed by atoms with Gasteiger partial charge in [0.05, 0.1) is 12.9 Å². The largest absolute Gasteiger partial charge is 0.497 e. The molecule has 0 amide bonds. The van der Waals surface area contributed by atoms with Gasteiger partial charge in [0.2, 0.25) is 10.0 Å². The molecular formula is C16H27N3O3S. The third-order valence-electron chi connectivity index (χ3n) is 4.03. The quantitative estimate of drug-likeness (QED) is 0.768. The molecule has 1 N–H and O–H groups in total. The summed E-state index contributed by atoms with van der Waals surface area (Å²) in [7, 11) is -1.42. The Bertz CT molecular complexity index is 567. The minimum atomic E-state index is -3.09. The van der Waals surface area contributed by atoms with Gasteiger partial charge >= 0.3 is 0 Å². The normalized spacial score (nSPS) is 16.5. The van der Waals surface area contributed by atoms with Crippen molar-refractivity contribution in [2.75, 3.05) is 57.0 Å². The molecule has 1 aliphatic heterocycles. The zero-order valence-electron chi connectivity index (χ0n) is 14.0. The summed E-state index contributed by atoms with van der Waals surface area (Å²) < 4.78 is 31.1. The van der Waals surface area contributed by atoms with Crippen LogP contribution < -0.4 is 14.4 Å². The summed E-state index contributed by atoms with van der Waals surface area (Å²) in [6, 6.07) is 8.11. The fourth-order valence-electron chi connectivity index (χ4n) is 2.72. The van der Waals surface area contributed by atoms with Gasteiger partial charge in [-0.2, -0.15) is 0 Å². The lowest BCUT2D eigenvalue weighted by molar-refractivity contribution is 0.262. The predicted octanol–water partition coefficient (Wildman–Crippen LogP) is 1.15. The lowest BCUT2D eigenvalue weighted by Crippen LogP contribution is -2.48. The van der Waals surface area contributed by atoms with Crippen LogP contribution >= 0.6 is 0 Å². The van der Waals surface area contributed by atoms with E-state index < -0.39 is 10.0 Å². The van der Waals surface area contributed by atoms with E-state index in [2.05, 4.69) is 26.7 Å². The van der Waals surface area contributed by atoms with Crippen LogP contribution in [0.1, 0.15) is 13.3 Å². The fourth-order valence-corrected chi connectivity index (χ4v) is 3.81. The summed E-state index contributed by atoms with van der Waals surface area (Å²) in [5, 5.41) is 0. The molecule has 0 spiro atoms.